The second-order valence-electron chi connectivity index (χ2n) is 7.36. The van der Waals surface area contributed by atoms with E-state index in [4.69, 9.17) is 0 Å². The van der Waals surface area contributed by atoms with Crippen LogP contribution in [0.2, 0.25) is 0 Å². The molecule has 0 spiro atoms. The summed E-state index contributed by atoms with van der Waals surface area (Å²) in [6.45, 7) is 2.66. The second-order valence-corrected chi connectivity index (χ2v) is 9.05. The summed E-state index contributed by atoms with van der Waals surface area (Å²) in [4.78, 5) is 27.6. The monoisotopic (exact) mass is 463 g/mol. The predicted molar refractivity (Wildman–Crippen MR) is 120 cm³/mol. The molecule has 1 saturated heterocycles. The fourth-order valence-electron chi connectivity index (χ4n) is 3.34. The number of carbonyl (C=O) groups excluding carboxylic acids is 2. The van der Waals surface area contributed by atoms with Crippen LogP contribution in [-0.4, -0.2) is 72.0 Å². The van der Waals surface area contributed by atoms with Gasteiger partial charge in [-0.15, -0.1) is 0 Å². The second kappa shape index (κ2) is 9.96. The van der Waals surface area contributed by atoms with E-state index in [2.05, 4.69) is 15.4 Å². The van der Waals surface area contributed by atoms with Crippen molar-refractivity contribution in [1.29, 1.82) is 0 Å². The summed E-state index contributed by atoms with van der Waals surface area (Å²) < 4.78 is 41.7. The third-order valence-corrected chi connectivity index (χ3v) is 6.46. The van der Waals surface area contributed by atoms with Crippen LogP contribution in [0.25, 0.3) is 0 Å². The zero-order chi connectivity index (χ0) is 23.3. The number of halogens is 1. The van der Waals surface area contributed by atoms with Gasteiger partial charge in [0.2, 0.25) is 5.91 Å². The van der Waals surface area contributed by atoms with Crippen molar-refractivity contribution < 1.29 is 22.4 Å². The zero-order valence-corrected chi connectivity index (χ0v) is 18.7. The lowest BCUT2D eigenvalue weighted by molar-refractivity contribution is -0.121. The molecule has 2 amide bonds. The molecule has 172 valence electrons. The first kappa shape index (κ1) is 23.5. The van der Waals surface area contributed by atoms with Crippen molar-refractivity contribution in [3.8, 4) is 0 Å². The quantitative estimate of drug-likeness (QED) is 0.562. The van der Waals surface area contributed by atoms with Crippen LogP contribution in [0, 0.1) is 5.82 Å². The summed E-state index contributed by atoms with van der Waals surface area (Å²) in [5.74, 6) is -1.30. The van der Waals surface area contributed by atoms with Gasteiger partial charge >= 0.3 is 0 Å². The molecule has 0 aromatic heterocycles. The normalized spacial score (nSPS) is 14.0. The van der Waals surface area contributed by atoms with E-state index in [9.17, 15) is 22.4 Å². The molecule has 0 unspecified atom stereocenters. The standard InChI is InChI=1S/C21H26FN5O4S/c1-23-20(28)14-26(2)21(29)15-3-8-19(27-11-9-24-10-12-27)18(13-15)25-32(30,31)17-6-4-16(22)5-7-17/h3-8,13,24-25H,9-12,14H2,1-2H3,(H,23,28). The fourth-order valence-corrected chi connectivity index (χ4v) is 4.40. The van der Waals surface area contributed by atoms with E-state index in [0.717, 1.165) is 25.2 Å². The molecule has 1 fully saturated rings. The first-order valence-corrected chi connectivity index (χ1v) is 11.5. The largest absolute Gasteiger partial charge is 0.367 e. The molecule has 9 nitrogen and oxygen atoms in total. The van der Waals surface area contributed by atoms with Crippen LogP contribution in [0.15, 0.2) is 47.4 Å². The van der Waals surface area contributed by atoms with Crippen LogP contribution in [0.4, 0.5) is 15.8 Å². The molecule has 0 bridgehead atoms. The number of anilines is 2. The molecule has 2 aromatic carbocycles. The molecule has 3 N–H and O–H groups in total. The third kappa shape index (κ3) is 5.54. The number of benzene rings is 2. The Morgan fingerprint density at radius 2 is 1.78 bits per heavy atom. The number of carbonyl (C=O) groups is 2. The molecule has 0 aliphatic carbocycles. The number of nitrogens with one attached hydrogen (secondary N) is 3. The van der Waals surface area contributed by atoms with Crippen molar-refractivity contribution in [3.63, 3.8) is 0 Å². The molecule has 3 rings (SSSR count). The Bertz CT molecular complexity index is 1090. The maximum Gasteiger partial charge on any atom is 0.261 e. The molecule has 32 heavy (non-hydrogen) atoms. The van der Waals surface area contributed by atoms with Crippen LogP contribution in [-0.2, 0) is 14.8 Å². The van der Waals surface area contributed by atoms with Crippen molar-refractivity contribution in [3.05, 3.63) is 53.8 Å². The van der Waals surface area contributed by atoms with E-state index in [1.807, 2.05) is 4.90 Å². The highest BCUT2D eigenvalue weighted by Gasteiger charge is 2.23. The molecule has 1 aliphatic heterocycles. The van der Waals surface area contributed by atoms with E-state index in [1.165, 1.54) is 37.2 Å². The molecule has 11 heteroatoms. The number of rotatable bonds is 7. The van der Waals surface area contributed by atoms with Gasteiger partial charge < -0.3 is 20.4 Å². The van der Waals surface area contributed by atoms with E-state index in [1.54, 1.807) is 12.1 Å². The van der Waals surface area contributed by atoms with Gasteiger partial charge in [0.15, 0.2) is 0 Å². The Morgan fingerprint density at radius 1 is 1.12 bits per heavy atom. The van der Waals surface area contributed by atoms with Crippen LogP contribution < -0.4 is 20.3 Å². The Hall–Kier alpha value is -3.18. The minimum absolute atomic E-state index is 0.0985. The smallest absolute Gasteiger partial charge is 0.261 e. The summed E-state index contributed by atoms with van der Waals surface area (Å²) in [5.41, 5.74) is 1.09. The van der Waals surface area contributed by atoms with Crippen LogP contribution in [0.1, 0.15) is 10.4 Å². The maximum atomic E-state index is 13.2. The van der Waals surface area contributed by atoms with Crippen molar-refractivity contribution in [2.75, 3.05) is 56.4 Å². The first-order chi connectivity index (χ1) is 15.2. The number of sulfonamides is 1. The third-order valence-electron chi connectivity index (χ3n) is 5.08. The molecule has 1 heterocycles. The van der Waals surface area contributed by atoms with E-state index >= 15 is 0 Å². The van der Waals surface area contributed by atoms with Gasteiger partial charge in [-0.2, -0.15) is 0 Å². The summed E-state index contributed by atoms with van der Waals surface area (Å²) in [6, 6.07) is 9.24. The number of piperazine rings is 1. The highest BCUT2D eigenvalue weighted by Crippen LogP contribution is 2.30. The number of amides is 2. The number of nitrogens with zero attached hydrogens (tertiary/aromatic N) is 2. The summed E-state index contributed by atoms with van der Waals surface area (Å²) >= 11 is 0. The lowest BCUT2D eigenvalue weighted by Gasteiger charge is -2.31. The summed E-state index contributed by atoms with van der Waals surface area (Å²) in [6.07, 6.45) is 0. The average Bonchev–Trinajstić information content (AvgIpc) is 2.79. The highest BCUT2D eigenvalue weighted by molar-refractivity contribution is 7.92. The topological polar surface area (TPSA) is 111 Å². The molecule has 2 aromatic rings. The Labute approximate surface area is 186 Å². The zero-order valence-electron chi connectivity index (χ0n) is 17.9. The van der Waals surface area contributed by atoms with Crippen molar-refractivity contribution in [2.24, 2.45) is 0 Å². The fraction of sp³-hybridized carbons (Fsp3) is 0.333. The number of likely N-dealkylation sites (N-methyl/N-ethyl adjacent to an activating group) is 2. The minimum Gasteiger partial charge on any atom is -0.367 e. The highest BCUT2D eigenvalue weighted by atomic mass is 32.2. The molecule has 1 aliphatic rings. The molecular formula is C21H26FN5O4S. The van der Waals surface area contributed by atoms with Crippen LogP contribution in [0.3, 0.4) is 0 Å². The number of hydrogen-bond donors (Lipinski definition) is 3. The van der Waals surface area contributed by atoms with Gasteiger partial charge in [-0.1, -0.05) is 0 Å². The van der Waals surface area contributed by atoms with E-state index in [0.29, 0.717) is 18.8 Å². The van der Waals surface area contributed by atoms with Gasteiger partial charge in [0.1, 0.15) is 5.82 Å². The van der Waals surface area contributed by atoms with Gasteiger partial charge in [0.25, 0.3) is 15.9 Å². The Morgan fingerprint density at radius 3 is 2.41 bits per heavy atom. The molecule has 0 radical (unpaired) electrons. The summed E-state index contributed by atoms with van der Waals surface area (Å²) in [5, 5.41) is 5.69. The van der Waals surface area contributed by atoms with Crippen LogP contribution >= 0.6 is 0 Å². The Balaban J connectivity index is 1.96. The van der Waals surface area contributed by atoms with Gasteiger partial charge in [-0.3, -0.25) is 14.3 Å². The van der Waals surface area contributed by atoms with Crippen LogP contribution in [0.5, 0.6) is 0 Å². The van der Waals surface area contributed by atoms with Crippen molar-refractivity contribution in [2.45, 2.75) is 4.90 Å². The molecule has 0 atom stereocenters. The van der Waals surface area contributed by atoms with Gasteiger partial charge in [-0.05, 0) is 42.5 Å². The molecular weight excluding hydrogens is 437 g/mol. The van der Waals surface area contributed by atoms with Gasteiger partial charge in [0.05, 0.1) is 22.8 Å². The molecule has 0 saturated carbocycles. The number of hydrogen-bond acceptors (Lipinski definition) is 6. The summed E-state index contributed by atoms with van der Waals surface area (Å²) in [7, 11) is -1.06. The SMILES string of the molecule is CNC(=O)CN(C)C(=O)c1ccc(N2CCNCC2)c(NS(=O)(=O)c2ccc(F)cc2)c1. The van der Waals surface area contributed by atoms with Gasteiger partial charge in [-0.25, -0.2) is 12.8 Å². The predicted octanol–water partition coefficient (Wildman–Crippen LogP) is 0.854. The Kier molecular flexibility index (Phi) is 7.31. The van der Waals surface area contributed by atoms with Gasteiger partial charge in [0, 0.05) is 45.8 Å². The lowest BCUT2D eigenvalue weighted by Crippen LogP contribution is -2.44. The maximum absolute atomic E-state index is 13.2. The first-order valence-electron chi connectivity index (χ1n) is 10.1. The van der Waals surface area contributed by atoms with E-state index < -0.39 is 21.7 Å². The average molecular weight is 464 g/mol. The minimum atomic E-state index is -4.02. The van der Waals surface area contributed by atoms with Crippen molar-refractivity contribution >= 4 is 33.2 Å². The van der Waals surface area contributed by atoms with E-state index in [-0.39, 0.29) is 28.6 Å². The lowest BCUT2D eigenvalue weighted by atomic mass is 10.1. The van der Waals surface area contributed by atoms with Crippen molar-refractivity contribution in [1.82, 2.24) is 15.5 Å².